The van der Waals surface area contributed by atoms with E-state index in [1.54, 1.807) is 0 Å². The number of unbranched alkanes of at least 4 members (excludes halogenated alkanes) is 18. The van der Waals surface area contributed by atoms with Crippen molar-refractivity contribution in [2.24, 2.45) is 0 Å². The summed E-state index contributed by atoms with van der Waals surface area (Å²) in [5, 5.41) is 22.8. The predicted octanol–water partition coefficient (Wildman–Crippen LogP) is 10.1. The van der Waals surface area contributed by atoms with Crippen LogP contribution in [0.25, 0.3) is 0 Å². The highest BCUT2D eigenvalue weighted by molar-refractivity contribution is 5.62. The van der Waals surface area contributed by atoms with Crippen molar-refractivity contribution >= 4 is 11.4 Å². The van der Waals surface area contributed by atoms with Crippen molar-refractivity contribution in [1.82, 2.24) is 0 Å². The maximum Gasteiger partial charge on any atom is 0.350 e. The maximum atomic E-state index is 11.4. The lowest BCUT2D eigenvalue weighted by Crippen LogP contribution is -2.05. The van der Waals surface area contributed by atoms with Crippen LogP contribution in [0.4, 0.5) is 11.4 Å². The van der Waals surface area contributed by atoms with Crippen LogP contribution in [0.5, 0.6) is 11.5 Å². The molecule has 0 saturated carbocycles. The van der Waals surface area contributed by atoms with Crippen molar-refractivity contribution in [3.63, 3.8) is 0 Å². The van der Waals surface area contributed by atoms with Gasteiger partial charge in [-0.2, -0.15) is 0 Å². The first-order valence-corrected chi connectivity index (χ1v) is 15.2. The van der Waals surface area contributed by atoms with E-state index in [1.165, 1.54) is 89.9 Å². The SMILES string of the molecule is CCCCCCCCCCCCOc1cc([N+](=O)[O-])c([N+](=O)[O-])cc1OCCCCCCCCCCCC. The molecule has 0 unspecified atom stereocenters. The summed E-state index contributed by atoms with van der Waals surface area (Å²) in [6.45, 7) is 5.26. The Morgan fingerprint density at radius 2 is 0.763 bits per heavy atom. The van der Waals surface area contributed by atoms with Gasteiger partial charge >= 0.3 is 11.4 Å². The minimum Gasteiger partial charge on any atom is -0.489 e. The third-order valence-electron chi connectivity index (χ3n) is 6.95. The molecule has 218 valence electrons. The predicted molar refractivity (Wildman–Crippen MR) is 154 cm³/mol. The molecule has 0 atom stereocenters. The lowest BCUT2D eigenvalue weighted by molar-refractivity contribution is -0.422. The van der Waals surface area contributed by atoms with E-state index in [0.717, 1.165) is 50.7 Å². The average molecular weight is 537 g/mol. The zero-order chi connectivity index (χ0) is 27.8. The maximum absolute atomic E-state index is 11.4. The summed E-state index contributed by atoms with van der Waals surface area (Å²) < 4.78 is 11.7. The molecule has 1 aromatic rings. The molecule has 1 rings (SSSR count). The average Bonchev–Trinajstić information content (AvgIpc) is 2.90. The van der Waals surface area contributed by atoms with E-state index in [1.807, 2.05) is 0 Å². The Morgan fingerprint density at radius 3 is 1.03 bits per heavy atom. The van der Waals surface area contributed by atoms with E-state index in [4.69, 9.17) is 9.47 Å². The van der Waals surface area contributed by atoms with Crippen LogP contribution in [-0.2, 0) is 0 Å². The number of nitro groups is 2. The molecular weight excluding hydrogens is 484 g/mol. The first kappa shape index (κ1) is 33.6. The topological polar surface area (TPSA) is 105 Å². The van der Waals surface area contributed by atoms with Gasteiger partial charge in [0.05, 0.1) is 35.2 Å². The Bertz CT molecular complexity index is 708. The van der Waals surface area contributed by atoms with Crippen LogP contribution in [0.1, 0.15) is 142 Å². The molecule has 8 nitrogen and oxygen atoms in total. The summed E-state index contributed by atoms with van der Waals surface area (Å²) in [5.74, 6) is 0.426. The van der Waals surface area contributed by atoms with Crippen molar-refractivity contribution in [1.29, 1.82) is 0 Å². The Morgan fingerprint density at radius 1 is 0.500 bits per heavy atom. The van der Waals surface area contributed by atoms with Crippen LogP contribution in [-0.4, -0.2) is 23.1 Å². The minimum atomic E-state index is -0.739. The first-order valence-electron chi connectivity index (χ1n) is 15.2. The molecule has 1 aromatic carbocycles. The second kappa shape index (κ2) is 22.6. The summed E-state index contributed by atoms with van der Waals surface area (Å²) in [4.78, 5) is 21.3. The zero-order valence-electron chi connectivity index (χ0n) is 24.1. The summed E-state index contributed by atoms with van der Waals surface area (Å²) in [6.07, 6.45) is 24.0. The molecule has 0 spiro atoms. The molecule has 8 heteroatoms. The molecule has 0 aliphatic heterocycles. The molecule has 0 radical (unpaired) electrons. The van der Waals surface area contributed by atoms with Gasteiger partial charge in [0.25, 0.3) is 0 Å². The molecule has 0 aliphatic carbocycles. The van der Waals surface area contributed by atoms with Gasteiger partial charge in [-0.15, -0.1) is 0 Å². The van der Waals surface area contributed by atoms with Gasteiger partial charge in [0.2, 0.25) is 0 Å². The van der Waals surface area contributed by atoms with E-state index >= 15 is 0 Å². The molecule has 0 fully saturated rings. The van der Waals surface area contributed by atoms with Gasteiger partial charge in [0, 0.05) is 0 Å². The molecule has 0 saturated heterocycles. The number of nitrogens with zero attached hydrogens (tertiary/aromatic N) is 2. The van der Waals surface area contributed by atoms with E-state index in [2.05, 4.69) is 13.8 Å². The summed E-state index contributed by atoms with van der Waals surface area (Å²) in [7, 11) is 0. The standard InChI is InChI=1S/C30H52N2O6/c1-3-5-7-9-11-13-15-17-19-21-23-37-29-25-27(31(33)34)28(32(35)36)26-30(29)38-24-22-20-18-16-14-12-10-8-6-4-2/h25-26H,3-24H2,1-2H3. The minimum absolute atomic E-state index is 0.213. The Kier molecular flexibility index (Phi) is 20.0. The van der Waals surface area contributed by atoms with E-state index in [-0.39, 0.29) is 11.5 Å². The Balaban J connectivity index is 2.45. The van der Waals surface area contributed by atoms with Gasteiger partial charge < -0.3 is 9.47 Å². The normalized spacial score (nSPS) is 11.0. The molecule has 0 N–H and O–H groups in total. The van der Waals surface area contributed by atoms with Crippen molar-refractivity contribution in [3.05, 3.63) is 32.4 Å². The number of benzene rings is 1. The van der Waals surface area contributed by atoms with Crippen molar-refractivity contribution in [3.8, 4) is 11.5 Å². The van der Waals surface area contributed by atoms with Crippen LogP contribution in [0, 0.1) is 20.2 Å². The molecule has 38 heavy (non-hydrogen) atoms. The van der Waals surface area contributed by atoms with E-state index in [9.17, 15) is 20.2 Å². The van der Waals surface area contributed by atoms with Crippen LogP contribution < -0.4 is 9.47 Å². The summed E-state index contributed by atoms with van der Waals surface area (Å²) in [6, 6.07) is 2.28. The van der Waals surface area contributed by atoms with Gasteiger partial charge in [-0.05, 0) is 12.8 Å². The second-order valence-electron chi connectivity index (χ2n) is 10.4. The summed E-state index contributed by atoms with van der Waals surface area (Å²) in [5.41, 5.74) is -1.14. The molecule has 0 bridgehead atoms. The van der Waals surface area contributed by atoms with Gasteiger partial charge in [-0.3, -0.25) is 20.2 Å². The lowest BCUT2D eigenvalue weighted by atomic mass is 10.1. The fourth-order valence-corrected chi connectivity index (χ4v) is 4.60. The fourth-order valence-electron chi connectivity index (χ4n) is 4.60. The molecule has 0 amide bonds. The largest absolute Gasteiger partial charge is 0.489 e. The third-order valence-corrected chi connectivity index (χ3v) is 6.95. The highest BCUT2D eigenvalue weighted by Gasteiger charge is 2.28. The van der Waals surface area contributed by atoms with Crippen molar-refractivity contribution in [2.45, 2.75) is 142 Å². The van der Waals surface area contributed by atoms with Gasteiger partial charge in [0.1, 0.15) is 0 Å². The highest BCUT2D eigenvalue weighted by atomic mass is 16.6. The zero-order valence-corrected chi connectivity index (χ0v) is 24.1. The molecule has 0 aliphatic rings. The van der Waals surface area contributed by atoms with Crippen molar-refractivity contribution < 1.29 is 19.3 Å². The number of hydrogen-bond donors (Lipinski definition) is 0. The molecule has 0 aromatic heterocycles. The number of nitro benzene ring substituents is 2. The quantitative estimate of drug-likeness (QED) is 0.0662. The first-order chi connectivity index (χ1) is 18.5. The highest BCUT2D eigenvalue weighted by Crippen LogP contribution is 2.39. The molecular formula is C30H52N2O6. The second-order valence-corrected chi connectivity index (χ2v) is 10.4. The number of ether oxygens (including phenoxy) is 2. The molecule has 0 heterocycles. The van der Waals surface area contributed by atoms with Crippen LogP contribution in [0.15, 0.2) is 12.1 Å². The number of hydrogen-bond acceptors (Lipinski definition) is 6. The summed E-state index contributed by atoms with van der Waals surface area (Å²) >= 11 is 0. The van der Waals surface area contributed by atoms with Crippen molar-refractivity contribution in [2.75, 3.05) is 13.2 Å². The third kappa shape index (κ3) is 15.8. The Hall–Kier alpha value is -2.38. The van der Waals surface area contributed by atoms with Crippen LogP contribution >= 0.6 is 0 Å². The van der Waals surface area contributed by atoms with Gasteiger partial charge in [-0.25, -0.2) is 0 Å². The van der Waals surface area contributed by atoms with Gasteiger partial charge in [-0.1, -0.05) is 129 Å². The van der Waals surface area contributed by atoms with Crippen LogP contribution in [0.3, 0.4) is 0 Å². The van der Waals surface area contributed by atoms with E-state index < -0.39 is 21.2 Å². The van der Waals surface area contributed by atoms with Gasteiger partial charge in [0.15, 0.2) is 11.5 Å². The lowest BCUT2D eigenvalue weighted by Gasteiger charge is -2.13. The fraction of sp³-hybridized carbons (Fsp3) is 0.800. The number of rotatable bonds is 26. The Labute approximate surface area is 230 Å². The van der Waals surface area contributed by atoms with Crippen LogP contribution in [0.2, 0.25) is 0 Å². The van der Waals surface area contributed by atoms with E-state index in [0.29, 0.717) is 13.2 Å². The smallest absolute Gasteiger partial charge is 0.350 e. The monoisotopic (exact) mass is 536 g/mol.